The zero-order valence-electron chi connectivity index (χ0n) is 17.8. The number of amides is 1. The Morgan fingerprint density at radius 3 is 2.34 bits per heavy atom. The van der Waals surface area contributed by atoms with Gasteiger partial charge in [0, 0.05) is 12.7 Å². The smallest absolute Gasteiger partial charge is 0.416 e. The van der Waals surface area contributed by atoms with E-state index in [9.17, 15) is 22.8 Å². The SMILES string of the molecule is CC(C)(C)OC(=O)N1CC(OCc2ccc(C(F)(F)F)cc2)C(n2cc(C(=O)O)cn2)C1. The molecule has 1 aromatic carbocycles. The molecule has 0 radical (unpaired) electrons. The summed E-state index contributed by atoms with van der Waals surface area (Å²) >= 11 is 0. The summed E-state index contributed by atoms with van der Waals surface area (Å²) in [4.78, 5) is 25.2. The molecule has 1 aromatic heterocycles. The molecule has 2 unspecified atom stereocenters. The predicted molar refractivity (Wildman–Crippen MR) is 106 cm³/mol. The molecule has 32 heavy (non-hydrogen) atoms. The molecular formula is C21H24F3N3O5. The first kappa shape index (κ1) is 23.6. The van der Waals surface area contributed by atoms with E-state index in [1.54, 1.807) is 20.8 Å². The van der Waals surface area contributed by atoms with Crippen LogP contribution in [0.3, 0.4) is 0 Å². The lowest BCUT2D eigenvalue weighted by atomic mass is 10.1. The molecule has 2 atom stereocenters. The summed E-state index contributed by atoms with van der Waals surface area (Å²) in [7, 11) is 0. The number of halogens is 3. The van der Waals surface area contributed by atoms with Gasteiger partial charge in [0.1, 0.15) is 5.60 Å². The maximum absolute atomic E-state index is 12.8. The molecule has 1 aliphatic heterocycles. The van der Waals surface area contributed by atoms with Gasteiger partial charge in [-0.1, -0.05) is 12.1 Å². The first-order valence-electron chi connectivity index (χ1n) is 9.86. The second-order valence-corrected chi connectivity index (χ2v) is 8.51. The molecule has 1 saturated heterocycles. The molecule has 1 amide bonds. The van der Waals surface area contributed by atoms with Crippen molar-refractivity contribution in [3.05, 3.63) is 53.3 Å². The first-order valence-corrected chi connectivity index (χ1v) is 9.86. The molecule has 1 fully saturated rings. The molecule has 0 saturated carbocycles. The summed E-state index contributed by atoms with van der Waals surface area (Å²) in [5.74, 6) is -1.14. The van der Waals surface area contributed by atoms with Gasteiger partial charge in [0.15, 0.2) is 0 Å². The van der Waals surface area contributed by atoms with Gasteiger partial charge in [0.25, 0.3) is 0 Å². The Bertz CT molecular complexity index is 966. The molecular weight excluding hydrogens is 431 g/mol. The van der Waals surface area contributed by atoms with E-state index in [1.807, 2.05) is 0 Å². The second kappa shape index (κ2) is 8.81. The molecule has 1 aliphatic rings. The number of benzene rings is 1. The highest BCUT2D eigenvalue weighted by Gasteiger charge is 2.39. The Morgan fingerprint density at radius 2 is 1.81 bits per heavy atom. The standard InChI is InChI=1S/C21H24F3N3O5/c1-20(2,3)32-19(30)26-10-16(27-9-14(8-25-27)18(28)29)17(11-26)31-12-13-4-6-15(7-5-13)21(22,23)24/h4-9,16-17H,10-12H2,1-3H3,(H,28,29). The number of ether oxygens (including phenoxy) is 2. The van der Waals surface area contributed by atoms with Crippen molar-refractivity contribution in [1.82, 2.24) is 14.7 Å². The van der Waals surface area contributed by atoms with Crippen LogP contribution in [0.2, 0.25) is 0 Å². The molecule has 8 nitrogen and oxygen atoms in total. The van der Waals surface area contributed by atoms with Crippen molar-refractivity contribution in [3.63, 3.8) is 0 Å². The van der Waals surface area contributed by atoms with E-state index in [2.05, 4.69) is 5.10 Å². The zero-order valence-corrected chi connectivity index (χ0v) is 17.8. The van der Waals surface area contributed by atoms with E-state index in [0.717, 1.165) is 12.1 Å². The van der Waals surface area contributed by atoms with Crippen LogP contribution in [0.15, 0.2) is 36.7 Å². The van der Waals surface area contributed by atoms with Crippen molar-refractivity contribution in [1.29, 1.82) is 0 Å². The lowest BCUT2D eigenvalue weighted by molar-refractivity contribution is -0.137. The van der Waals surface area contributed by atoms with Gasteiger partial charge in [-0.3, -0.25) is 4.68 Å². The number of alkyl halides is 3. The monoisotopic (exact) mass is 455 g/mol. The molecule has 2 aromatic rings. The average Bonchev–Trinajstić information content (AvgIpc) is 3.32. The topological polar surface area (TPSA) is 93.9 Å². The minimum absolute atomic E-state index is 0.00845. The van der Waals surface area contributed by atoms with Gasteiger partial charge in [-0.25, -0.2) is 9.59 Å². The fourth-order valence-electron chi connectivity index (χ4n) is 3.27. The van der Waals surface area contributed by atoms with Crippen LogP contribution in [0.4, 0.5) is 18.0 Å². The number of likely N-dealkylation sites (tertiary alicyclic amines) is 1. The van der Waals surface area contributed by atoms with E-state index in [4.69, 9.17) is 14.6 Å². The predicted octanol–water partition coefficient (Wildman–Crippen LogP) is 3.98. The lowest BCUT2D eigenvalue weighted by Gasteiger charge is -2.24. The van der Waals surface area contributed by atoms with Crippen LogP contribution in [-0.2, 0) is 22.3 Å². The number of hydrogen-bond donors (Lipinski definition) is 1. The number of carboxylic acid groups (broad SMARTS) is 1. The van der Waals surface area contributed by atoms with Crippen molar-refractivity contribution in [2.24, 2.45) is 0 Å². The van der Waals surface area contributed by atoms with Crippen LogP contribution in [-0.4, -0.2) is 56.6 Å². The van der Waals surface area contributed by atoms with Crippen molar-refractivity contribution < 1.29 is 37.3 Å². The lowest BCUT2D eigenvalue weighted by Crippen LogP contribution is -2.36. The minimum Gasteiger partial charge on any atom is -0.478 e. The normalized spacial score (nSPS) is 19.2. The Hall–Kier alpha value is -3.08. The van der Waals surface area contributed by atoms with Gasteiger partial charge in [0.2, 0.25) is 0 Å². The fourth-order valence-corrected chi connectivity index (χ4v) is 3.27. The maximum atomic E-state index is 12.8. The largest absolute Gasteiger partial charge is 0.478 e. The van der Waals surface area contributed by atoms with E-state index >= 15 is 0 Å². The molecule has 11 heteroatoms. The summed E-state index contributed by atoms with van der Waals surface area (Å²) in [6, 6.07) is 4.11. The second-order valence-electron chi connectivity index (χ2n) is 8.51. The van der Waals surface area contributed by atoms with Crippen molar-refractivity contribution in [2.45, 2.75) is 51.3 Å². The zero-order chi connectivity index (χ0) is 23.7. The molecule has 0 bridgehead atoms. The Kier molecular flexibility index (Phi) is 6.49. The third-order valence-corrected chi connectivity index (χ3v) is 4.82. The van der Waals surface area contributed by atoms with Crippen LogP contribution in [0, 0.1) is 0 Å². The number of carboxylic acids is 1. The van der Waals surface area contributed by atoms with Crippen LogP contribution in [0.5, 0.6) is 0 Å². The van der Waals surface area contributed by atoms with E-state index in [-0.39, 0.29) is 25.3 Å². The minimum atomic E-state index is -4.42. The van der Waals surface area contributed by atoms with Crippen molar-refractivity contribution >= 4 is 12.1 Å². The quantitative estimate of drug-likeness (QED) is 0.733. The first-order chi connectivity index (χ1) is 14.8. The summed E-state index contributed by atoms with van der Waals surface area (Å²) in [6.45, 7) is 5.56. The van der Waals surface area contributed by atoms with Crippen molar-refractivity contribution in [3.8, 4) is 0 Å². The number of carbonyl (C=O) groups is 2. The van der Waals surface area contributed by atoms with E-state index in [1.165, 1.54) is 34.1 Å². The molecule has 0 spiro atoms. The highest BCUT2D eigenvalue weighted by molar-refractivity contribution is 5.86. The highest BCUT2D eigenvalue weighted by atomic mass is 19.4. The van der Waals surface area contributed by atoms with Crippen LogP contribution < -0.4 is 0 Å². The summed E-state index contributed by atoms with van der Waals surface area (Å²) in [5, 5.41) is 13.2. The van der Waals surface area contributed by atoms with Gasteiger partial charge in [-0.15, -0.1) is 0 Å². The summed E-state index contributed by atoms with van der Waals surface area (Å²) < 4.78 is 51.0. The van der Waals surface area contributed by atoms with Gasteiger partial charge in [-0.2, -0.15) is 18.3 Å². The van der Waals surface area contributed by atoms with Crippen LogP contribution in [0.25, 0.3) is 0 Å². The van der Waals surface area contributed by atoms with Crippen molar-refractivity contribution in [2.75, 3.05) is 13.1 Å². The number of hydrogen-bond acceptors (Lipinski definition) is 5. The number of nitrogens with zero attached hydrogens (tertiary/aromatic N) is 3. The molecule has 1 N–H and O–H groups in total. The maximum Gasteiger partial charge on any atom is 0.416 e. The van der Waals surface area contributed by atoms with Crippen LogP contribution in [0.1, 0.15) is 48.3 Å². The van der Waals surface area contributed by atoms with Gasteiger partial charge in [-0.05, 0) is 38.5 Å². The summed E-state index contributed by atoms with van der Waals surface area (Å²) in [5.41, 5.74) is -0.941. The van der Waals surface area contributed by atoms with Gasteiger partial charge >= 0.3 is 18.2 Å². The molecule has 2 heterocycles. The molecule has 0 aliphatic carbocycles. The average molecular weight is 455 g/mol. The third kappa shape index (κ3) is 5.78. The van der Waals surface area contributed by atoms with Crippen LogP contribution >= 0.6 is 0 Å². The van der Waals surface area contributed by atoms with E-state index in [0.29, 0.717) is 5.56 Å². The molecule has 174 valence electrons. The fraction of sp³-hybridized carbons (Fsp3) is 0.476. The van der Waals surface area contributed by atoms with E-state index < -0.39 is 41.5 Å². The number of carbonyl (C=O) groups excluding carboxylic acids is 1. The Morgan fingerprint density at radius 1 is 1.16 bits per heavy atom. The molecule has 3 rings (SSSR count). The third-order valence-electron chi connectivity index (χ3n) is 4.82. The number of aromatic nitrogens is 2. The Balaban J connectivity index is 1.75. The summed E-state index contributed by atoms with van der Waals surface area (Å²) in [6.07, 6.45) is -3.00. The Labute approximate surface area is 182 Å². The van der Waals surface area contributed by atoms with Gasteiger partial charge < -0.3 is 19.5 Å². The number of aromatic carboxylic acids is 1. The van der Waals surface area contributed by atoms with Gasteiger partial charge in [0.05, 0.1) is 42.6 Å². The highest BCUT2D eigenvalue weighted by Crippen LogP contribution is 2.30. The number of rotatable bonds is 5.